The lowest BCUT2D eigenvalue weighted by molar-refractivity contribution is 0.211. The van der Waals surface area contributed by atoms with Gasteiger partial charge in [-0.1, -0.05) is 0 Å². The van der Waals surface area contributed by atoms with Gasteiger partial charge in [0.25, 0.3) is 0 Å². The van der Waals surface area contributed by atoms with Crippen LogP contribution >= 0.6 is 0 Å². The molecule has 2 N–H and O–H groups in total. The number of nitrogens with zero attached hydrogens (tertiary/aromatic N) is 5. The van der Waals surface area contributed by atoms with Crippen molar-refractivity contribution in [2.24, 2.45) is 0 Å². The van der Waals surface area contributed by atoms with Crippen molar-refractivity contribution < 1.29 is 9.94 Å². The van der Waals surface area contributed by atoms with Crippen molar-refractivity contribution in [1.29, 1.82) is 0 Å². The van der Waals surface area contributed by atoms with Crippen molar-refractivity contribution in [3.8, 4) is 22.8 Å². The second-order valence-electron chi connectivity index (χ2n) is 5.51. The first-order valence-corrected chi connectivity index (χ1v) is 8.08. The van der Waals surface area contributed by atoms with Crippen LogP contribution in [0.15, 0.2) is 55.1 Å². The zero-order valence-electron chi connectivity index (χ0n) is 14.0. The van der Waals surface area contributed by atoms with Gasteiger partial charge < -0.3 is 5.11 Å². The SMILES string of the molecule is CCONc1cc(O)nc2ccc(-c3cnn(-c4cccnc4)c3)nc12. The van der Waals surface area contributed by atoms with E-state index in [1.54, 1.807) is 29.3 Å². The lowest BCUT2D eigenvalue weighted by atomic mass is 10.2. The summed E-state index contributed by atoms with van der Waals surface area (Å²) in [7, 11) is 0. The van der Waals surface area contributed by atoms with Crippen molar-refractivity contribution in [2.45, 2.75) is 6.92 Å². The molecule has 0 amide bonds. The van der Waals surface area contributed by atoms with Crippen LogP contribution in [0.3, 0.4) is 0 Å². The normalized spacial score (nSPS) is 11.0. The molecule has 4 heterocycles. The maximum Gasteiger partial charge on any atom is 0.213 e. The Morgan fingerprint density at radius 2 is 2.12 bits per heavy atom. The summed E-state index contributed by atoms with van der Waals surface area (Å²) in [4.78, 5) is 18.1. The van der Waals surface area contributed by atoms with Crippen molar-refractivity contribution in [1.82, 2.24) is 24.7 Å². The number of pyridine rings is 3. The molecule has 4 rings (SSSR count). The van der Waals surface area contributed by atoms with Crippen LogP contribution in [0.1, 0.15) is 6.92 Å². The number of hydrogen-bond donors (Lipinski definition) is 2. The van der Waals surface area contributed by atoms with Crippen LogP contribution in [0, 0.1) is 0 Å². The van der Waals surface area contributed by atoms with Gasteiger partial charge in [-0.25, -0.2) is 14.6 Å². The number of fused-ring (bicyclic) bond motifs is 1. The van der Waals surface area contributed by atoms with E-state index in [0.717, 1.165) is 16.9 Å². The molecule has 4 aromatic rings. The summed E-state index contributed by atoms with van der Waals surface area (Å²) in [5, 5.41) is 14.1. The molecule has 0 bridgehead atoms. The van der Waals surface area contributed by atoms with Crippen molar-refractivity contribution in [3.05, 3.63) is 55.1 Å². The predicted molar refractivity (Wildman–Crippen MR) is 96.8 cm³/mol. The van der Waals surface area contributed by atoms with Gasteiger partial charge in [0.15, 0.2) is 0 Å². The minimum atomic E-state index is -0.0985. The molecule has 8 nitrogen and oxygen atoms in total. The van der Waals surface area contributed by atoms with Crippen molar-refractivity contribution in [2.75, 3.05) is 12.1 Å². The molecular weight excluding hydrogens is 332 g/mol. The molecule has 0 radical (unpaired) electrons. The summed E-state index contributed by atoms with van der Waals surface area (Å²) in [5.74, 6) is -0.0985. The van der Waals surface area contributed by atoms with Crippen molar-refractivity contribution in [3.63, 3.8) is 0 Å². The van der Waals surface area contributed by atoms with E-state index >= 15 is 0 Å². The number of hydrogen-bond acceptors (Lipinski definition) is 7. The van der Waals surface area contributed by atoms with Crippen LogP contribution in [0.4, 0.5) is 5.69 Å². The first-order valence-electron chi connectivity index (χ1n) is 8.08. The van der Waals surface area contributed by atoms with Crippen LogP contribution in [0.25, 0.3) is 28.0 Å². The molecule has 0 unspecified atom stereocenters. The van der Waals surface area contributed by atoms with Crippen LogP contribution in [-0.2, 0) is 4.84 Å². The minimum Gasteiger partial charge on any atom is -0.493 e. The Kier molecular flexibility index (Phi) is 4.16. The number of rotatable bonds is 5. The molecule has 4 aromatic heterocycles. The topological polar surface area (TPSA) is 98.0 Å². The minimum absolute atomic E-state index is 0.0985. The molecule has 0 aliphatic heterocycles. The Hall–Kier alpha value is -3.52. The largest absolute Gasteiger partial charge is 0.493 e. The average molecular weight is 348 g/mol. The summed E-state index contributed by atoms with van der Waals surface area (Å²) < 4.78 is 1.74. The lowest BCUT2D eigenvalue weighted by Gasteiger charge is -2.09. The van der Waals surface area contributed by atoms with Gasteiger partial charge in [0.05, 0.1) is 41.6 Å². The Bertz CT molecular complexity index is 1050. The third-order valence-corrected chi connectivity index (χ3v) is 3.75. The van der Waals surface area contributed by atoms with E-state index in [1.165, 1.54) is 6.07 Å². The molecule has 0 fully saturated rings. The van der Waals surface area contributed by atoms with Gasteiger partial charge >= 0.3 is 0 Å². The molecule has 0 aliphatic rings. The molecule has 26 heavy (non-hydrogen) atoms. The monoisotopic (exact) mass is 348 g/mol. The number of aromatic hydroxyl groups is 1. The maximum atomic E-state index is 9.77. The summed E-state index contributed by atoms with van der Waals surface area (Å²) in [6.07, 6.45) is 7.08. The Balaban J connectivity index is 1.75. The van der Waals surface area contributed by atoms with E-state index in [2.05, 4.69) is 25.5 Å². The van der Waals surface area contributed by atoms with Crippen LogP contribution in [0.2, 0.25) is 0 Å². The van der Waals surface area contributed by atoms with Gasteiger partial charge in [-0.05, 0) is 31.2 Å². The Morgan fingerprint density at radius 1 is 1.19 bits per heavy atom. The van der Waals surface area contributed by atoms with Gasteiger partial charge in [0.2, 0.25) is 5.88 Å². The van der Waals surface area contributed by atoms with E-state index in [4.69, 9.17) is 4.84 Å². The highest BCUT2D eigenvalue weighted by molar-refractivity contribution is 5.89. The van der Waals surface area contributed by atoms with E-state index in [0.29, 0.717) is 23.3 Å². The highest BCUT2D eigenvalue weighted by atomic mass is 16.6. The quantitative estimate of drug-likeness (QED) is 0.535. The predicted octanol–water partition coefficient (Wildman–Crippen LogP) is 2.95. The zero-order valence-corrected chi connectivity index (χ0v) is 14.0. The van der Waals surface area contributed by atoms with E-state index in [1.807, 2.05) is 31.3 Å². The molecular formula is C18H16N6O2. The fourth-order valence-electron chi connectivity index (χ4n) is 2.57. The lowest BCUT2D eigenvalue weighted by Crippen LogP contribution is -2.02. The highest BCUT2D eigenvalue weighted by Gasteiger charge is 2.11. The third-order valence-electron chi connectivity index (χ3n) is 3.75. The fraction of sp³-hybridized carbons (Fsp3) is 0.111. The molecule has 0 saturated heterocycles. The highest BCUT2D eigenvalue weighted by Crippen LogP contribution is 2.27. The number of aromatic nitrogens is 5. The second-order valence-corrected chi connectivity index (χ2v) is 5.51. The average Bonchev–Trinajstić information content (AvgIpc) is 3.16. The molecule has 8 heteroatoms. The van der Waals surface area contributed by atoms with Gasteiger partial charge in [-0.2, -0.15) is 5.10 Å². The molecule has 0 spiro atoms. The van der Waals surface area contributed by atoms with Crippen LogP contribution < -0.4 is 5.48 Å². The van der Waals surface area contributed by atoms with Gasteiger partial charge in [-0.15, -0.1) is 0 Å². The molecule has 130 valence electrons. The zero-order chi connectivity index (χ0) is 17.9. The molecule has 0 saturated carbocycles. The third kappa shape index (κ3) is 3.05. The molecule has 0 aliphatic carbocycles. The Morgan fingerprint density at radius 3 is 2.92 bits per heavy atom. The summed E-state index contributed by atoms with van der Waals surface area (Å²) in [5.41, 5.74) is 6.97. The maximum absolute atomic E-state index is 9.77. The molecule has 0 aromatic carbocycles. The van der Waals surface area contributed by atoms with E-state index < -0.39 is 0 Å². The smallest absolute Gasteiger partial charge is 0.213 e. The van der Waals surface area contributed by atoms with E-state index in [9.17, 15) is 5.11 Å². The summed E-state index contributed by atoms with van der Waals surface area (Å²) in [6.45, 7) is 2.34. The van der Waals surface area contributed by atoms with Gasteiger partial charge in [0.1, 0.15) is 5.52 Å². The Labute approximate surface area is 149 Å². The number of anilines is 1. The van der Waals surface area contributed by atoms with Crippen molar-refractivity contribution >= 4 is 16.7 Å². The standard InChI is InChI=1S/C18H16N6O2/c1-2-26-23-16-8-17(25)21-15-6-5-14(22-18(15)16)12-9-20-24(11-12)13-4-3-7-19-10-13/h3-11H,2H2,1H3,(H2,21,23,25). The summed E-state index contributed by atoms with van der Waals surface area (Å²) in [6, 6.07) is 8.90. The number of nitrogens with one attached hydrogen (secondary N) is 1. The first kappa shape index (κ1) is 16.0. The summed E-state index contributed by atoms with van der Waals surface area (Å²) >= 11 is 0. The second kappa shape index (κ2) is 6.77. The van der Waals surface area contributed by atoms with Crippen LogP contribution in [-0.4, -0.2) is 36.4 Å². The first-order chi connectivity index (χ1) is 12.7. The van der Waals surface area contributed by atoms with Gasteiger partial charge in [-0.3, -0.25) is 15.3 Å². The van der Waals surface area contributed by atoms with Crippen LogP contribution in [0.5, 0.6) is 5.88 Å². The van der Waals surface area contributed by atoms with Gasteiger partial charge in [0, 0.05) is 24.0 Å². The van der Waals surface area contributed by atoms with E-state index in [-0.39, 0.29) is 5.88 Å². The fourth-order valence-corrected chi connectivity index (χ4v) is 2.57. The molecule has 0 atom stereocenters.